The number of rotatable bonds is 2. The van der Waals surface area contributed by atoms with E-state index >= 15 is 0 Å². The summed E-state index contributed by atoms with van der Waals surface area (Å²) in [5.41, 5.74) is 19.5. The quantitative estimate of drug-likeness (QED) is 0.167. The Balaban J connectivity index is 1.14. The maximum atomic E-state index is 2.71. The van der Waals surface area contributed by atoms with Crippen LogP contribution < -0.4 is 26.2 Å². The topological polar surface area (TPSA) is 6.48 Å². The molecular weight excluding hydrogens is 639 g/mol. The predicted octanol–water partition coefficient (Wildman–Crippen LogP) is 10.8. The summed E-state index contributed by atoms with van der Waals surface area (Å²) in [7, 11) is 0. The monoisotopic (exact) mass is 684 g/mol. The molecule has 3 heterocycles. The smallest absolute Gasteiger partial charge is 0.252 e. The molecule has 0 radical (unpaired) electrons. The summed E-state index contributed by atoms with van der Waals surface area (Å²) < 4.78 is 0. The second kappa shape index (κ2) is 10.6. The molecule has 6 aromatic rings. The lowest BCUT2D eigenvalue weighted by molar-refractivity contribution is -0.0419. The molecule has 258 valence electrons. The third kappa shape index (κ3) is 3.96. The Morgan fingerprint density at radius 2 is 1.17 bits per heavy atom. The molecule has 1 spiro atoms. The summed E-state index contributed by atoms with van der Waals surface area (Å²) in [6.07, 6.45) is 7.05. The Bertz CT molecular complexity index is 2460. The van der Waals surface area contributed by atoms with Gasteiger partial charge >= 0.3 is 0 Å². The van der Waals surface area contributed by atoms with Gasteiger partial charge in [0.2, 0.25) is 0 Å². The summed E-state index contributed by atoms with van der Waals surface area (Å²) >= 11 is 0. The number of benzene rings is 6. The molecule has 0 unspecified atom stereocenters. The maximum absolute atomic E-state index is 2.71. The molecule has 0 N–H and O–H groups in total. The van der Waals surface area contributed by atoms with Crippen molar-refractivity contribution >= 4 is 57.2 Å². The van der Waals surface area contributed by atoms with Gasteiger partial charge in [-0.1, -0.05) is 118 Å². The van der Waals surface area contributed by atoms with Gasteiger partial charge in [0.05, 0.1) is 5.69 Å². The lowest BCUT2D eigenvalue weighted by Gasteiger charge is -2.64. The highest BCUT2D eigenvalue weighted by Crippen LogP contribution is 2.69. The molecule has 3 aliphatic heterocycles. The van der Waals surface area contributed by atoms with Crippen LogP contribution in [0.1, 0.15) is 69.6 Å². The molecule has 4 saturated carbocycles. The fourth-order valence-corrected chi connectivity index (χ4v) is 12.7. The lowest BCUT2D eigenvalue weighted by Crippen LogP contribution is -2.64. The average molecular weight is 685 g/mol. The van der Waals surface area contributed by atoms with Crippen molar-refractivity contribution in [3.05, 3.63) is 150 Å². The Hall–Kier alpha value is -5.02. The minimum atomic E-state index is 0.0273. The van der Waals surface area contributed by atoms with Crippen LogP contribution >= 0.6 is 0 Å². The van der Waals surface area contributed by atoms with Crippen molar-refractivity contribution in [2.24, 2.45) is 23.7 Å². The second-order valence-corrected chi connectivity index (χ2v) is 18.2. The zero-order valence-corrected chi connectivity index (χ0v) is 31.0. The Morgan fingerprint density at radius 1 is 0.528 bits per heavy atom. The first kappa shape index (κ1) is 30.4. The van der Waals surface area contributed by atoms with Crippen LogP contribution in [0.3, 0.4) is 0 Å². The fraction of sp³-hybridized carbons (Fsp3) is 0.280. The van der Waals surface area contributed by atoms with Crippen molar-refractivity contribution in [2.45, 2.75) is 63.7 Å². The number of nitrogens with zero attached hydrogens (tertiary/aromatic N) is 2. The van der Waals surface area contributed by atoms with E-state index in [1.807, 2.05) is 0 Å². The predicted molar refractivity (Wildman–Crippen MR) is 222 cm³/mol. The van der Waals surface area contributed by atoms with E-state index in [-0.39, 0.29) is 17.5 Å². The van der Waals surface area contributed by atoms with Crippen molar-refractivity contribution < 1.29 is 0 Å². The van der Waals surface area contributed by atoms with E-state index in [4.69, 9.17) is 0 Å². The molecule has 3 heteroatoms. The van der Waals surface area contributed by atoms with Crippen molar-refractivity contribution in [2.75, 3.05) is 9.80 Å². The molecule has 4 aliphatic carbocycles. The van der Waals surface area contributed by atoms with E-state index in [1.54, 1.807) is 11.1 Å². The molecule has 7 aliphatic rings. The summed E-state index contributed by atoms with van der Waals surface area (Å²) in [5, 5.41) is 0. The zero-order valence-electron chi connectivity index (χ0n) is 31.0. The third-order valence-corrected chi connectivity index (χ3v) is 14.6. The van der Waals surface area contributed by atoms with Gasteiger partial charge in [0.15, 0.2) is 0 Å². The Kier molecular flexibility index (Phi) is 6.07. The highest BCUT2D eigenvalue weighted by atomic mass is 15.2. The summed E-state index contributed by atoms with van der Waals surface area (Å²) in [6.45, 7) is 7.19. The van der Waals surface area contributed by atoms with Crippen LogP contribution in [-0.2, 0) is 10.8 Å². The van der Waals surface area contributed by atoms with E-state index < -0.39 is 0 Å². The van der Waals surface area contributed by atoms with E-state index in [1.165, 1.54) is 99.3 Å². The highest BCUT2D eigenvalue weighted by molar-refractivity contribution is 7.00. The van der Waals surface area contributed by atoms with Crippen molar-refractivity contribution in [1.29, 1.82) is 0 Å². The SMILES string of the molecule is CC(C)(C)c1ccc2c(c1)N(c1cccc(-c3ccccc3)c1)c1cccc3c1B2c1cccc2c1N3c1ccccc1C21C2CC3CC(C2)CC1C3. The van der Waals surface area contributed by atoms with Gasteiger partial charge in [0.1, 0.15) is 0 Å². The minimum Gasteiger partial charge on any atom is -0.311 e. The van der Waals surface area contributed by atoms with Crippen LogP contribution in [0.2, 0.25) is 0 Å². The normalized spacial score (nSPS) is 25.2. The van der Waals surface area contributed by atoms with Crippen LogP contribution in [0.25, 0.3) is 11.1 Å². The maximum Gasteiger partial charge on any atom is 0.252 e. The van der Waals surface area contributed by atoms with E-state index in [9.17, 15) is 0 Å². The average Bonchev–Trinajstić information content (AvgIpc) is 3.18. The highest BCUT2D eigenvalue weighted by Gasteiger charge is 2.62. The van der Waals surface area contributed by atoms with Gasteiger partial charge in [-0.25, -0.2) is 0 Å². The first-order valence-electron chi connectivity index (χ1n) is 20.2. The zero-order chi connectivity index (χ0) is 35.2. The van der Waals surface area contributed by atoms with Gasteiger partial charge in [-0.05, 0) is 142 Å². The molecule has 4 fully saturated rings. The molecule has 0 saturated heterocycles. The first-order chi connectivity index (χ1) is 25.9. The van der Waals surface area contributed by atoms with E-state index in [2.05, 4.69) is 164 Å². The van der Waals surface area contributed by atoms with Gasteiger partial charge in [0.25, 0.3) is 6.71 Å². The summed E-state index contributed by atoms with van der Waals surface area (Å²) in [4.78, 5) is 5.29. The van der Waals surface area contributed by atoms with Crippen molar-refractivity contribution in [1.82, 2.24) is 0 Å². The molecule has 6 aromatic carbocycles. The van der Waals surface area contributed by atoms with E-state index in [0.717, 1.165) is 23.7 Å². The van der Waals surface area contributed by atoms with Crippen LogP contribution in [0, 0.1) is 23.7 Å². The van der Waals surface area contributed by atoms with Gasteiger partial charge in [0, 0.05) is 33.9 Å². The van der Waals surface area contributed by atoms with Gasteiger partial charge in [-0.3, -0.25) is 0 Å². The van der Waals surface area contributed by atoms with Crippen LogP contribution in [0.4, 0.5) is 34.1 Å². The number of hydrogen-bond acceptors (Lipinski definition) is 2. The standard InChI is InChI=1S/C50H45BN2/c1-49(2,3)35-22-23-41-46(30-35)52(38-15-9-14-34(29-38)33-12-5-4-6-13-33)44-20-11-21-45-47(44)51(41)42-18-10-17-40-48(42)53(45)43-19-8-7-16-39(43)50(40)36-25-31-24-32(27-36)28-37(50)26-31/h4-23,29-32,36-37H,24-28H2,1-3H3. The van der Waals surface area contributed by atoms with Crippen molar-refractivity contribution in [3.63, 3.8) is 0 Å². The third-order valence-electron chi connectivity index (χ3n) is 14.6. The molecule has 0 atom stereocenters. The number of para-hydroxylation sites is 2. The molecular formula is C50H45BN2. The van der Waals surface area contributed by atoms with Crippen LogP contribution in [0.15, 0.2) is 133 Å². The van der Waals surface area contributed by atoms with Crippen LogP contribution in [-0.4, -0.2) is 6.71 Å². The molecule has 0 aromatic heterocycles. The molecule has 4 bridgehead atoms. The molecule has 13 rings (SSSR count). The van der Waals surface area contributed by atoms with Crippen LogP contribution in [0.5, 0.6) is 0 Å². The minimum absolute atomic E-state index is 0.0273. The van der Waals surface area contributed by atoms with E-state index in [0.29, 0.717) is 0 Å². The molecule has 53 heavy (non-hydrogen) atoms. The summed E-state index contributed by atoms with van der Waals surface area (Å²) in [6, 6.07) is 51.6. The second-order valence-electron chi connectivity index (χ2n) is 18.2. The molecule has 0 amide bonds. The largest absolute Gasteiger partial charge is 0.311 e. The molecule has 2 nitrogen and oxygen atoms in total. The number of hydrogen-bond donors (Lipinski definition) is 0. The number of fused-ring (bicyclic) bond motifs is 6. The van der Waals surface area contributed by atoms with Gasteiger partial charge in [-0.15, -0.1) is 0 Å². The summed E-state index contributed by atoms with van der Waals surface area (Å²) in [5.74, 6) is 3.29. The Morgan fingerprint density at radius 3 is 1.94 bits per heavy atom. The van der Waals surface area contributed by atoms with Crippen molar-refractivity contribution in [3.8, 4) is 11.1 Å². The van der Waals surface area contributed by atoms with Gasteiger partial charge < -0.3 is 9.80 Å². The number of anilines is 6. The van der Waals surface area contributed by atoms with Gasteiger partial charge in [-0.2, -0.15) is 0 Å². The Labute approximate surface area is 314 Å². The fourth-order valence-electron chi connectivity index (χ4n) is 12.7. The lowest BCUT2D eigenvalue weighted by atomic mass is 9.32. The first-order valence-corrected chi connectivity index (χ1v) is 20.2.